The van der Waals surface area contributed by atoms with Gasteiger partial charge in [-0.15, -0.1) is 0 Å². The number of benzene rings is 3. The van der Waals surface area contributed by atoms with E-state index in [1.807, 2.05) is 0 Å². The van der Waals surface area contributed by atoms with Crippen LogP contribution in [0.25, 0.3) is 0 Å². The van der Waals surface area contributed by atoms with Crippen LogP contribution in [0.5, 0.6) is 5.75 Å². The van der Waals surface area contributed by atoms with E-state index in [2.05, 4.69) is 5.32 Å². The maximum Gasteiger partial charge on any atom is 0.243 e. The average Bonchev–Trinajstić information content (AvgIpc) is 2.92. The molecule has 1 fully saturated rings. The van der Waals surface area contributed by atoms with Gasteiger partial charge in [0.2, 0.25) is 26.0 Å². The third kappa shape index (κ3) is 5.29. The number of piperazine rings is 1. The number of carbonyl (C=O) groups excluding carboxylic acids is 1. The van der Waals surface area contributed by atoms with Gasteiger partial charge in [-0.05, 0) is 30.3 Å². The van der Waals surface area contributed by atoms with Gasteiger partial charge in [-0.25, -0.2) is 16.8 Å². The number of amides is 1. The summed E-state index contributed by atoms with van der Waals surface area (Å²) in [7, 11) is -6.47. The van der Waals surface area contributed by atoms with Crippen LogP contribution in [0.3, 0.4) is 0 Å². The van der Waals surface area contributed by atoms with Crippen molar-refractivity contribution in [3.63, 3.8) is 0 Å². The molecular weight excluding hydrogens is 502 g/mol. The molecule has 1 atom stereocenters. The van der Waals surface area contributed by atoms with E-state index in [9.17, 15) is 21.6 Å². The molecule has 36 heavy (non-hydrogen) atoms. The summed E-state index contributed by atoms with van der Waals surface area (Å²) >= 11 is 0. The monoisotopic (exact) mass is 529 g/mol. The van der Waals surface area contributed by atoms with E-state index in [4.69, 9.17) is 4.74 Å². The normalized spacial score (nSPS) is 17.4. The summed E-state index contributed by atoms with van der Waals surface area (Å²) in [6, 6.07) is 21.5. The Bertz CT molecular complexity index is 1410. The Balaban J connectivity index is 1.64. The highest BCUT2D eigenvalue weighted by molar-refractivity contribution is 7.89. The molecule has 0 aliphatic carbocycles. The van der Waals surface area contributed by atoms with Crippen LogP contribution < -0.4 is 10.1 Å². The number of ether oxygens (including phenoxy) is 1. The predicted octanol–water partition coefficient (Wildman–Crippen LogP) is 2.08. The molecule has 11 heteroatoms. The zero-order chi connectivity index (χ0) is 25.8. The molecular formula is C25H27N3O6S2. The molecule has 9 nitrogen and oxygen atoms in total. The van der Waals surface area contributed by atoms with Gasteiger partial charge in [0.15, 0.2) is 0 Å². The van der Waals surface area contributed by atoms with Crippen molar-refractivity contribution in [2.45, 2.75) is 22.4 Å². The van der Waals surface area contributed by atoms with E-state index < -0.39 is 32.0 Å². The van der Waals surface area contributed by atoms with Crippen molar-refractivity contribution in [3.8, 4) is 5.75 Å². The Morgan fingerprint density at radius 1 is 0.833 bits per heavy atom. The Morgan fingerprint density at radius 2 is 1.39 bits per heavy atom. The molecule has 1 heterocycles. The quantitative estimate of drug-likeness (QED) is 0.478. The van der Waals surface area contributed by atoms with Crippen molar-refractivity contribution in [1.82, 2.24) is 13.9 Å². The number of methoxy groups -OCH3 is 1. The number of hydrogen-bond acceptors (Lipinski definition) is 6. The van der Waals surface area contributed by atoms with Gasteiger partial charge in [-0.3, -0.25) is 4.79 Å². The molecule has 3 aromatic carbocycles. The number of nitrogens with zero attached hydrogens (tertiary/aromatic N) is 2. The van der Waals surface area contributed by atoms with Crippen LogP contribution in [0.1, 0.15) is 5.56 Å². The summed E-state index contributed by atoms with van der Waals surface area (Å²) in [5.74, 6) is -0.0307. The summed E-state index contributed by atoms with van der Waals surface area (Å²) in [5, 5.41) is 2.76. The van der Waals surface area contributed by atoms with Crippen molar-refractivity contribution in [2.24, 2.45) is 0 Å². The maximum atomic E-state index is 13.5. The topological polar surface area (TPSA) is 113 Å². The van der Waals surface area contributed by atoms with E-state index in [1.54, 1.807) is 60.7 Å². The number of para-hydroxylation sites is 1. The van der Waals surface area contributed by atoms with Gasteiger partial charge in [-0.1, -0.05) is 54.6 Å². The summed E-state index contributed by atoms with van der Waals surface area (Å²) in [4.78, 5) is 13.5. The summed E-state index contributed by atoms with van der Waals surface area (Å²) in [5.41, 5.74) is 0.704. The SMILES string of the molecule is COc1ccccc1CNC(=O)C1CN(S(=O)(=O)c2ccccc2)CCN1S(=O)(=O)c1ccccc1. The van der Waals surface area contributed by atoms with Crippen LogP contribution in [-0.4, -0.2) is 64.1 Å². The van der Waals surface area contributed by atoms with Gasteiger partial charge in [0.05, 0.1) is 16.9 Å². The van der Waals surface area contributed by atoms with Crippen molar-refractivity contribution in [1.29, 1.82) is 0 Å². The number of nitrogens with one attached hydrogen (secondary N) is 1. The molecule has 0 spiro atoms. The fraction of sp³-hybridized carbons (Fsp3) is 0.240. The fourth-order valence-electron chi connectivity index (χ4n) is 4.08. The first-order valence-corrected chi connectivity index (χ1v) is 14.1. The van der Waals surface area contributed by atoms with Gasteiger partial charge >= 0.3 is 0 Å². The molecule has 190 valence electrons. The lowest BCUT2D eigenvalue weighted by Gasteiger charge is -2.39. The number of sulfonamides is 2. The Morgan fingerprint density at radius 3 is 2.00 bits per heavy atom. The largest absolute Gasteiger partial charge is 0.496 e. The van der Waals surface area contributed by atoms with Crippen molar-refractivity contribution >= 4 is 26.0 Å². The van der Waals surface area contributed by atoms with Gasteiger partial charge in [0.1, 0.15) is 11.8 Å². The predicted molar refractivity (Wildman–Crippen MR) is 134 cm³/mol. The Kier molecular flexibility index (Phi) is 7.74. The first-order chi connectivity index (χ1) is 17.2. The molecule has 1 N–H and O–H groups in total. The van der Waals surface area contributed by atoms with Crippen LogP contribution in [-0.2, 0) is 31.4 Å². The molecule has 1 aliphatic heterocycles. The fourth-order valence-corrected chi connectivity index (χ4v) is 7.13. The van der Waals surface area contributed by atoms with Crippen LogP contribution in [0, 0.1) is 0 Å². The van der Waals surface area contributed by atoms with E-state index in [0.29, 0.717) is 11.3 Å². The van der Waals surface area contributed by atoms with E-state index >= 15 is 0 Å². The molecule has 0 bridgehead atoms. The third-order valence-electron chi connectivity index (χ3n) is 5.97. The first kappa shape index (κ1) is 25.8. The molecule has 1 amide bonds. The molecule has 0 aromatic heterocycles. The Labute approximate surface area is 211 Å². The second kappa shape index (κ2) is 10.8. The van der Waals surface area contributed by atoms with Crippen LogP contribution >= 0.6 is 0 Å². The van der Waals surface area contributed by atoms with Crippen molar-refractivity contribution in [3.05, 3.63) is 90.5 Å². The highest BCUT2D eigenvalue weighted by atomic mass is 32.2. The van der Waals surface area contributed by atoms with Crippen LogP contribution in [0.2, 0.25) is 0 Å². The highest BCUT2D eigenvalue weighted by Gasteiger charge is 2.43. The molecule has 1 unspecified atom stereocenters. The molecule has 0 saturated carbocycles. The minimum Gasteiger partial charge on any atom is -0.496 e. The lowest BCUT2D eigenvalue weighted by Crippen LogP contribution is -2.61. The Hall–Kier alpha value is -3.25. The van der Waals surface area contributed by atoms with Gasteiger partial charge < -0.3 is 10.1 Å². The molecule has 1 saturated heterocycles. The number of rotatable bonds is 8. The van der Waals surface area contributed by atoms with E-state index in [-0.39, 0.29) is 36.0 Å². The smallest absolute Gasteiger partial charge is 0.243 e. The van der Waals surface area contributed by atoms with Crippen molar-refractivity contribution < 1.29 is 26.4 Å². The second-order valence-corrected chi connectivity index (χ2v) is 12.0. The standard InChI is InChI=1S/C25H27N3O6S2/c1-34-24-15-9-8-10-20(24)18-26-25(29)23-19-27(35(30,31)21-11-4-2-5-12-21)16-17-28(23)36(32,33)22-13-6-3-7-14-22/h2-15,23H,16-19H2,1H3,(H,26,29). The lowest BCUT2D eigenvalue weighted by atomic mass is 10.2. The van der Waals surface area contributed by atoms with Gasteiger partial charge in [0.25, 0.3) is 0 Å². The highest BCUT2D eigenvalue weighted by Crippen LogP contribution is 2.26. The summed E-state index contributed by atoms with van der Waals surface area (Å²) < 4.78 is 61.0. The minimum atomic E-state index is -4.06. The molecule has 1 aliphatic rings. The second-order valence-electron chi connectivity index (χ2n) is 8.15. The molecule has 3 aromatic rings. The first-order valence-electron chi connectivity index (χ1n) is 11.3. The number of hydrogen-bond donors (Lipinski definition) is 1. The lowest BCUT2D eigenvalue weighted by molar-refractivity contribution is -0.126. The third-order valence-corrected chi connectivity index (χ3v) is 9.77. The van der Waals surface area contributed by atoms with E-state index in [1.165, 1.54) is 31.4 Å². The zero-order valence-electron chi connectivity index (χ0n) is 19.6. The summed E-state index contributed by atoms with van der Waals surface area (Å²) in [6.45, 7) is -0.485. The molecule has 4 rings (SSSR count). The number of carbonyl (C=O) groups is 1. The van der Waals surface area contributed by atoms with Gasteiger partial charge in [-0.2, -0.15) is 8.61 Å². The molecule has 0 radical (unpaired) electrons. The average molecular weight is 530 g/mol. The van der Waals surface area contributed by atoms with E-state index in [0.717, 1.165) is 8.61 Å². The van der Waals surface area contributed by atoms with Crippen LogP contribution in [0.15, 0.2) is 94.7 Å². The minimum absolute atomic E-state index is 0.0342. The summed E-state index contributed by atoms with van der Waals surface area (Å²) in [6.07, 6.45) is 0. The zero-order valence-corrected chi connectivity index (χ0v) is 21.3. The van der Waals surface area contributed by atoms with Gasteiger partial charge in [0, 0.05) is 31.7 Å². The van der Waals surface area contributed by atoms with Crippen molar-refractivity contribution in [2.75, 3.05) is 26.7 Å². The van der Waals surface area contributed by atoms with Crippen LogP contribution in [0.4, 0.5) is 0 Å². The maximum absolute atomic E-state index is 13.5.